The van der Waals surface area contributed by atoms with E-state index in [-0.39, 0.29) is 30.9 Å². The van der Waals surface area contributed by atoms with Gasteiger partial charge in [0.2, 0.25) is 17.7 Å². The highest BCUT2D eigenvalue weighted by atomic mass is 16.5. The van der Waals surface area contributed by atoms with E-state index >= 15 is 0 Å². The summed E-state index contributed by atoms with van der Waals surface area (Å²) >= 11 is 0. The Labute approximate surface area is 217 Å². The Hall–Kier alpha value is -2.45. The quantitative estimate of drug-likeness (QED) is 0.297. The van der Waals surface area contributed by atoms with Crippen molar-refractivity contribution in [1.82, 2.24) is 10.2 Å². The fourth-order valence-corrected chi connectivity index (χ4v) is 4.25. The van der Waals surface area contributed by atoms with Gasteiger partial charge in [-0.3, -0.25) is 14.4 Å². The fourth-order valence-electron chi connectivity index (χ4n) is 4.25. The number of carbonyl (C=O) groups excluding carboxylic acids is 3. The van der Waals surface area contributed by atoms with Crippen molar-refractivity contribution in [2.24, 2.45) is 11.5 Å². The van der Waals surface area contributed by atoms with Gasteiger partial charge in [-0.1, -0.05) is 57.9 Å². The van der Waals surface area contributed by atoms with Crippen molar-refractivity contribution in [3.05, 3.63) is 35.4 Å². The number of likely N-dealkylation sites (tertiary alicyclic amines) is 1. The lowest BCUT2D eigenvalue weighted by molar-refractivity contribution is -0.139. The van der Waals surface area contributed by atoms with Gasteiger partial charge in [0.05, 0.1) is 19.3 Å². The van der Waals surface area contributed by atoms with Crippen molar-refractivity contribution in [3.63, 3.8) is 0 Å². The predicted molar refractivity (Wildman–Crippen MR) is 144 cm³/mol. The number of nitrogens with zero attached hydrogens (tertiary/aromatic N) is 1. The lowest BCUT2D eigenvalue weighted by Gasteiger charge is -2.26. The Morgan fingerprint density at radius 2 is 1.78 bits per heavy atom. The highest BCUT2D eigenvalue weighted by molar-refractivity contribution is 5.88. The molecule has 8 nitrogen and oxygen atoms in total. The van der Waals surface area contributed by atoms with Crippen LogP contribution in [0.3, 0.4) is 0 Å². The number of hydrogen-bond acceptors (Lipinski definition) is 5. The topological polar surface area (TPSA) is 128 Å². The van der Waals surface area contributed by atoms with E-state index in [0.717, 1.165) is 44.1 Å². The van der Waals surface area contributed by atoms with Crippen LogP contribution in [-0.2, 0) is 32.1 Å². The van der Waals surface area contributed by atoms with Gasteiger partial charge in [0, 0.05) is 19.4 Å². The van der Waals surface area contributed by atoms with Crippen LogP contribution >= 0.6 is 0 Å². The second kappa shape index (κ2) is 18.8. The van der Waals surface area contributed by atoms with Gasteiger partial charge in [-0.15, -0.1) is 0 Å². The number of benzene rings is 1. The van der Waals surface area contributed by atoms with Gasteiger partial charge in [-0.2, -0.15) is 0 Å². The summed E-state index contributed by atoms with van der Waals surface area (Å²) in [6.07, 6.45) is 7.35. The number of nitrogens with two attached hydrogens (primary N) is 2. The molecule has 0 spiro atoms. The van der Waals surface area contributed by atoms with Crippen molar-refractivity contribution in [1.29, 1.82) is 0 Å². The molecular formula is C28H48N4O4. The predicted octanol–water partition coefficient (Wildman–Crippen LogP) is 3.44. The number of carbonyl (C=O) groups is 3. The fraction of sp³-hybridized carbons (Fsp3) is 0.679. The van der Waals surface area contributed by atoms with Crippen LogP contribution in [0.4, 0.5) is 0 Å². The standard InChI is InChI=1S/C26H42N4O4.C2H6/c1-2-3-4-9-25(32)30-17-6-8-23(30)26(33)29-22(14-15-24(28)31)19-34-18-21-12-10-20(11-13-21)7-5-16-27;1-2/h10-13,22-23H,2-9,14-19,27H2,1H3,(H2,28,31)(H,29,33);1-2H3/t22?,23-;/m0./s1. The molecule has 0 aliphatic carbocycles. The van der Waals surface area contributed by atoms with Gasteiger partial charge in [0.25, 0.3) is 0 Å². The van der Waals surface area contributed by atoms with E-state index in [1.807, 2.05) is 26.0 Å². The van der Waals surface area contributed by atoms with Gasteiger partial charge in [-0.05, 0) is 56.2 Å². The van der Waals surface area contributed by atoms with E-state index in [0.29, 0.717) is 39.0 Å². The molecule has 1 fully saturated rings. The largest absolute Gasteiger partial charge is 0.375 e. The first-order chi connectivity index (χ1) is 17.4. The molecular weight excluding hydrogens is 456 g/mol. The van der Waals surface area contributed by atoms with E-state index in [9.17, 15) is 14.4 Å². The van der Waals surface area contributed by atoms with Crippen LogP contribution in [0.15, 0.2) is 24.3 Å². The number of primary amides is 1. The second-order valence-electron chi connectivity index (χ2n) is 9.14. The third-order valence-corrected chi connectivity index (χ3v) is 6.24. The molecule has 1 heterocycles. The maximum Gasteiger partial charge on any atom is 0.243 e. The van der Waals surface area contributed by atoms with Crippen LogP contribution in [0.2, 0.25) is 0 Å². The Morgan fingerprint density at radius 1 is 1.08 bits per heavy atom. The normalized spacial score (nSPS) is 15.7. The third-order valence-electron chi connectivity index (χ3n) is 6.24. The molecule has 3 amide bonds. The van der Waals surface area contributed by atoms with Gasteiger partial charge in [0.1, 0.15) is 6.04 Å². The molecule has 36 heavy (non-hydrogen) atoms. The smallest absolute Gasteiger partial charge is 0.243 e. The van der Waals surface area contributed by atoms with E-state index in [2.05, 4.69) is 24.4 Å². The zero-order valence-corrected chi connectivity index (χ0v) is 22.6. The Balaban J connectivity index is 0.00000316. The van der Waals surface area contributed by atoms with Crippen molar-refractivity contribution < 1.29 is 19.1 Å². The summed E-state index contributed by atoms with van der Waals surface area (Å²) in [5.74, 6) is -0.546. The molecule has 1 unspecified atom stereocenters. The summed E-state index contributed by atoms with van der Waals surface area (Å²) in [6.45, 7) is 8.07. The zero-order chi connectivity index (χ0) is 26.8. The van der Waals surface area contributed by atoms with Crippen molar-refractivity contribution >= 4 is 17.7 Å². The molecule has 0 radical (unpaired) electrons. The van der Waals surface area contributed by atoms with Crippen LogP contribution in [0, 0.1) is 0 Å². The first-order valence-electron chi connectivity index (χ1n) is 13.7. The molecule has 0 aromatic heterocycles. The number of amides is 3. The molecule has 1 aromatic carbocycles. The summed E-state index contributed by atoms with van der Waals surface area (Å²) in [4.78, 5) is 38.7. The number of hydrogen-bond donors (Lipinski definition) is 3. The minimum absolute atomic E-state index is 0.0472. The summed E-state index contributed by atoms with van der Waals surface area (Å²) < 4.78 is 5.87. The van der Waals surface area contributed by atoms with E-state index in [4.69, 9.17) is 16.2 Å². The minimum atomic E-state index is -0.453. The first kappa shape index (κ1) is 31.6. The van der Waals surface area contributed by atoms with Gasteiger partial charge < -0.3 is 26.4 Å². The number of unbranched alkanes of at least 4 members (excludes halogenated alkanes) is 2. The van der Waals surface area contributed by atoms with Gasteiger partial charge >= 0.3 is 0 Å². The van der Waals surface area contributed by atoms with Crippen molar-refractivity contribution in [2.45, 2.75) is 104 Å². The average molecular weight is 505 g/mol. The summed E-state index contributed by atoms with van der Waals surface area (Å²) in [5, 5.41) is 3.01. The van der Waals surface area contributed by atoms with Gasteiger partial charge in [0.15, 0.2) is 0 Å². The second-order valence-corrected chi connectivity index (χ2v) is 9.14. The molecule has 1 saturated heterocycles. The van der Waals surface area contributed by atoms with Crippen molar-refractivity contribution in [2.75, 3.05) is 19.7 Å². The molecule has 1 aliphatic heterocycles. The summed E-state index contributed by atoms with van der Waals surface area (Å²) in [6, 6.07) is 7.42. The lowest BCUT2D eigenvalue weighted by Crippen LogP contribution is -2.50. The summed E-state index contributed by atoms with van der Waals surface area (Å²) in [7, 11) is 0. The lowest BCUT2D eigenvalue weighted by atomic mass is 10.1. The van der Waals surface area contributed by atoms with E-state index in [1.165, 1.54) is 5.56 Å². The first-order valence-corrected chi connectivity index (χ1v) is 13.7. The molecule has 8 heteroatoms. The maximum atomic E-state index is 13.0. The monoisotopic (exact) mass is 504 g/mol. The number of rotatable bonds is 16. The molecule has 2 atom stereocenters. The van der Waals surface area contributed by atoms with Crippen LogP contribution in [0.1, 0.15) is 89.7 Å². The highest BCUT2D eigenvalue weighted by Crippen LogP contribution is 2.20. The molecule has 0 bridgehead atoms. The van der Waals surface area contributed by atoms with Crippen LogP contribution in [0.5, 0.6) is 0 Å². The zero-order valence-electron chi connectivity index (χ0n) is 22.6. The third kappa shape index (κ3) is 12.0. The number of ether oxygens (including phenoxy) is 1. The average Bonchev–Trinajstić information content (AvgIpc) is 3.38. The number of aryl methyl sites for hydroxylation is 1. The number of nitrogens with one attached hydrogen (secondary N) is 1. The molecule has 1 aliphatic rings. The highest BCUT2D eigenvalue weighted by Gasteiger charge is 2.34. The van der Waals surface area contributed by atoms with Crippen LogP contribution < -0.4 is 16.8 Å². The SMILES string of the molecule is CC.CCCCCC(=O)N1CCC[C@H]1C(=O)NC(CCC(N)=O)COCc1ccc(CCCN)cc1. The Morgan fingerprint density at radius 3 is 2.42 bits per heavy atom. The summed E-state index contributed by atoms with van der Waals surface area (Å²) in [5.41, 5.74) is 13.2. The van der Waals surface area contributed by atoms with Crippen LogP contribution in [0.25, 0.3) is 0 Å². The molecule has 5 N–H and O–H groups in total. The molecule has 1 aromatic rings. The van der Waals surface area contributed by atoms with E-state index < -0.39 is 11.9 Å². The minimum Gasteiger partial charge on any atom is -0.375 e. The maximum absolute atomic E-state index is 13.0. The van der Waals surface area contributed by atoms with Gasteiger partial charge in [-0.25, -0.2) is 0 Å². The van der Waals surface area contributed by atoms with Crippen LogP contribution in [-0.4, -0.2) is 54.4 Å². The Bertz CT molecular complexity index is 769. The van der Waals surface area contributed by atoms with Crippen molar-refractivity contribution in [3.8, 4) is 0 Å². The molecule has 0 saturated carbocycles. The molecule has 204 valence electrons. The Kier molecular flexibility index (Phi) is 16.5. The van der Waals surface area contributed by atoms with E-state index in [1.54, 1.807) is 4.90 Å². The molecule has 2 rings (SSSR count).